The molecule has 13 nitrogen and oxygen atoms in total. The summed E-state index contributed by atoms with van der Waals surface area (Å²) in [6.07, 6.45) is -9.94. The van der Waals surface area contributed by atoms with Gasteiger partial charge in [-0.05, 0) is 42.7 Å². The number of nitrogens with two attached hydrogens (primary N) is 1. The van der Waals surface area contributed by atoms with Crippen molar-refractivity contribution in [3.8, 4) is 0 Å². The molecule has 1 saturated heterocycles. The Hall–Kier alpha value is -3.98. The van der Waals surface area contributed by atoms with Gasteiger partial charge in [-0.1, -0.05) is 62.4 Å². The smallest absolute Gasteiger partial charge is 0.338 e. The molecule has 274 valence electrons. The number of hydrogen-bond acceptors (Lipinski definition) is 13. The van der Waals surface area contributed by atoms with Gasteiger partial charge in [-0.3, -0.25) is 9.59 Å². The number of Topliss-reactive ketones (excluding diaryl/α,β-unsaturated/α-hetero) is 1. The van der Waals surface area contributed by atoms with Crippen LogP contribution in [0.25, 0.3) is 0 Å². The highest BCUT2D eigenvalue weighted by molar-refractivity contribution is 5.94. The van der Waals surface area contributed by atoms with Crippen molar-refractivity contribution < 1.29 is 58.6 Å². The SMILES string of the molecule is CC(=O)O[C@@]12CO[C@@H]1C[C@H](O)[C@@]1(C)C(=O)[C@H](O)C3=C(C)[C@@H](OC(=O)[C@H](O)[C@H](N)c4ccccc4)C[C@@](O)([C@@H](OC(=O)c4ccccc4)[C@H]21)C3(C)C. The zero-order valence-corrected chi connectivity index (χ0v) is 29.1. The first-order valence-corrected chi connectivity index (χ1v) is 17.0. The molecule has 2 saturated carbocycles. The Balaban J connectivity index is 1.53. The summed E-state index contributed by atoms with van der Waals surface area (Å²) in [6, 6.07) is 15.2. The van der Waals surface area contributed by atoms with E-state index in [0.29, 0.717) is 5.56 Å². The Morgan fingerprint density at radius 1 is 0.980 bits per heavy atom. The Kier molecular flexibility index (Phi) is 9.31. The van der Waals surface area contributed by atoms with Gasteiger partial charge >= 0.3 is 17.9 Å². The number of ketones is 1. The van der Waals surface area contributed by atoms with Crippen molar-refractivity contribution in [1.82, 2.24) is 0 Å². The normalized spacial score (nSPS) is 36.5. The van der Waals surface area contributed by atoms with Crippen molar-refractivity contribution in [3.05, 3.63) is 82.9 Å². The standard InChI is InChI=1S/C38H45NO12/c1-19-23(49-34(46)29(43)27(39)21-12-8-6-9-13-21)17-38(47)32(50-33(45)22-14-10-7-11-15-22)30-36(5,31(44)28(42)26(19)35(38,3)4)24(41)16-25-37(30,18-48-25)51-20(2)40/h6-15,23-25,27-30,32,41-43,47H,16-18,39H2,1-5H3/t23-,24-,25+,27+,28+,29+,30-,32-,36+,37-,38+/m0/s1. The fourth-order valence-electron chi connectivity index (χ4n) is 8.99. The van der Waals surface area contributed by atoms with Crippen molar-refractivity contribution in [1.29, 1.82) is 0 Å². The Morgan fingerprint density at radius 2 is 1.59 bits per heavy atom. The molecular weight excluding hydrogens is 662 g/mol. The molecule has 0 radical (unpaired) electrons. The summed E-state index contributed by atoms with van der Waals surface area (Å²) in [5.41, 5.74) is -0.496. The number of ether oxygens (including phenoxy) is 4. The summed E-state index contributed by atoms with van der Waals surface area (Å²) in [6.45, 7) is 6.99. The molecule has 51 heavy (non-hydrogen) atoms. The third-order valence-electron chi connectivity index (χ3n) is 11.9. The molecule has 6 N–H and O–H groups in total. The second-order valence-electron chi connectivity index (χ2n) is 15.0. The number of benzene rings is 2. The molecular formula is C38H45NO12. The first-order valence-electron chi connectivity index (χ1n) is 17.0. The lowest BCUT2D eigenvalue weighted by atomic mass is 9.44. The average molecular weight is 708 g/mol. The third kappa shape index (κ3) is 5.53. The molecule has 0 unspecified atom stereocenters. The molecule has 3 fully saturated rings. The van der Waals surface area contributed by atoms with Gasteiger partial charge in [0.2, 0.25) is 0 Å². The predicted molar refractivity (Wildman–Crippen MR) is 178 cm³/mol. The van der Waals surface area contributed by atoms with E-state index >= 15 is 0 Å². The lowest BCUT2D eigenvalue weighted by Gasteiger charge is -2.67. The van der Waals surface area contributed by atoms with Crippen LogP contribution in [0.3, 0.4) is 0 Å². The van der Waals surface area contributed by atoms with E-state index in [0.717, 1.165) is 0 Å². The van der Waals surface area contributed by atoms with E-state index < -0.39 is 101 Å². The second-order valence-corrected chi connectivity index (χ2v) is 15.0. The first kappa shape index (κ1) is 36.8. The Morgan fingerprint density at radius 3 is 2.16 bits per heavy atom. The van der Waals surface area contributed by atoms with Gasteiger partial charge in [-0.25, -0.2) is 9.59 Å². The predicted octanol–water partition coefficient (Wildman–Crippen LogP) is 1.69. The molecule has 1 aliphatic heterocycles. The van der Waals surface area contributed by atoms with E-state index in [1.165, 1.54) is 32.9 Å². The van der Waals surface area contributed by atoms with Crippen LogP contribution in [-0.2, 0) is 33.3 Å². The van der Waals surface area contributed by atoms with Crippen molar-refractivity contribution in [2.75, 3.05) is 6.61 Å². The van der Waals surface area contributed by atoms with E-state index in [2.05, 4.69) is 0 Å². The van der Waals surface area contributed by atoms with Crippen LogP contribution in [0.2, 0.25) is 0 Å². The van der Waals surface area contributed by atoms with Crippen LogP contribution < -0.4 is 5.73 Å². The van der Waals surface area contributed by atoms with Crippen LogP contribution in [0.5, 0.6) is 0 Å². The molecule has 2 aromatic carbocycles. The molecule has 2 aromatic rings. The van der Waals surface area contributed by atoms with Crippen molar-refractivity contribution in [2.24, 2.45) is 22.5 Å². The maximum Gasteiger partial charge on any atom is 0.338 e. The van der Waals surface area contributed by atoms with Gasteiger partial charge < -0.3 is 45.1 Å². The van der Waals surface area contributed by atoms with Crippen LogP contribution in [0.4, 0.5) is 0 Å². The van der Waals surface area contributed by atoms with Crippen molar-refractivity contribution in [2.45, 2.75) is 101 Å². The van der Waals surface area contributed by atoms with Crippen molar-refractivity contribution >= 4 is 23.7 Å². The minimum Gasteiger partial charge on any atom is -0.456 e. The van der Waals surface area contributed by atoms with Gasteiger partial charge in [0.15, 0.2) is 17.5 Å². The lowest BCUT2D eigenvalue weighted by molar-refractivity contribution is -0.346. The summed E-state index contributed by atoms with van der Waals surface area (Å²) in [5.74, 6) is -5.10. The second kappa shape index (κ2) is 12.9. The summed E-state index contributed by atoms with van der Waals surface area (Å²) >= 11 is 0. The van der Waals surface area contributed by atoms with E-state index in [4.69, 9.17) is 24.7 Å². The number of esters is 3. The molecule has 0 amide bonds. The zero-order valence-electron chi connectivity index (χ0n) is 29.1. The summed E-state index contributed by atoms with van der Waals surface area (Å²) in [5, 5.41) is 48.0. The van der Waals surface area contributed by atoms with Crippen LogP contribution in [0.15, 0.2) is 71.8 Å². The number of carbonyl (C=O) groups excluding carboxylic acids is 4. The maximum atomic E-state index is 14.8. The van der Waals surface area contributed by atoms with Gasteiger partial charge in [0.1, 0.15) is 30.0 Å². The van der Waals surface area contributed by atoms with Crippen LogP contribution in [-0.4, -0.2) is 98.6 Å². The van der Waals surface area contributed by atoms with E-state index in [9.17, 15) is 39.6 Å². The van der Waals surface area contributed by atoms with Gasteiger partial charge in [-0.2, -0.15) is 0 Å². The number of hydrogen-bond donors (Lipinski definition) is 5. The number of carbonyl (C=O) groups is 4. The van der Waals surface area contributed by atoms with Gasteiger partial charge in [0.25, 0.3) is 0 Å². The molecule has 0 spiro atoms. The maximum absolute atomic E-state index is 14.8. The summed E-state index contributed by atoms with van der Waals surface area (Å²) < 4.78 is 23.9. The number of rotatable bonds is 7. The van der Waals surface area contributed by atoms with E-state index in [1.807, 2.05) is 0 Å². The molecule has 6 rings (SSSR count). The topological polar surface area (TPSA) is 212 Å². The zero-order chi connectivity index (χ0) is 37.3. The minimum atomic E-state index is -2.28. The molecule has 4 aliphatic rings. The molecule has 3 aliphatic carbocycles. The highest BCUT2D eigenvalue weighted by Crippen LogP contribution is 2.64. The number of fused-ring (bicyclic) bond motifs is 5. The molecule has 1 heterocycles. The van der Waals surface area contributed by atoms with E-state index in [1.54, 1.807) is 62.4 Å². The van der Waals surface area contributed by atoms with Crippen molar-refractivity contribution in [3.63, 3.8) is 0 Å². The highest BCUT2D eigenvalue weighted by Gasteiger charge is 2.78. The summed E-state index contributed by atoms with van der Waals surface area (Å²) in [4.78, 5) is 55.0. The fourth-order valence-corrected chi connectivity index (χ4v) is 8.99. The summed E-state index contributed by atoms with van der Waals surface area (Å²) in [7, 11) is 0. The van der Waals surface area contributed by atoms with Gasteiger partial charge in [0.05, 0.1) is 35.6 Å². The largest absolute Gasteiger partial charge is 0.456 e. The molecule has 2 bridgehead atoms. The Bertz CT molecular complexity index is 1750. The molecule has 13 heteroatoms. The van der Waals surface area contributed by atoms with E-state index in [-0.39, 0.29) is 29.7 Å². The average Bonchev–Trinajstić information content (AvgIpc) is 3.09. The quantitative estimate of drug-likeness (QED) is 0.158. The monoisotopic (exact) mass is 707 g/mol. The third-order valence-corrected chi connectivity index (χ3v) is 11.9. The molecule has 11 atom stereocenters. The lowest BCUT2D eigenvalue weighted by Crippen LogP contribution is -2.81. The van der Waals surface area contributed by atoms with Gasteiger partial charge in [0, 0.05) is 25.2 Å². The molecule has 0 aromatic heterocycles. The number of aliphatic hydroxyl groups is 4. The van der Waals surface area contributed by atoms with Gasteiger partial charge in [-0.15, -0.1) is 0 Å². The van der Waals surface area contributed by atoms with Crippen LogP contribution in [0, 0.1) is 16.7 Å². The number of aliphatic hydroxyl groups excluding tert-OH is 3. The highest BCUT2D eigenvalue weighted by atomic mass is 16.6. The fraction of sp³-hybridized carbons (Fsp3) is 0.526. The van der Waals surface area contributed by atoms with Crippen LogP contribution >= 0.6 is 0 Å². The van der Waals surface area contributed by atoms with Crippen LogP contribution in [0.1, 0.15) is 69.4 Å². The first-order chi connectivity index (χ1) is 23.9. The minimum absolute atomic E-state index is 0.0120. The Labute approximate surface area is 295 Å².